The van der Waals surface area contributed by atoms with E-state index in [9.17, 15) is 0 Å². The number of hydrogen-bond acceptors (Lipinski definition) is 2. The van der Waals surface area contributed by atoms with Crippen molar-refractivity contribution in [2.24, 2.45) is 11.7 Å². The molecule has 1 aromatic heterocycles. The summed E-state index contributed by atoms with van der Waals surface area (Å²) in [5.41, 5.74) is 6.97. The second-order valence-corrected chi connectivity index (χ2v) is 4.03. The van der Waals surface area contributed by atoms with Crippen molar-refractivity contribution < 1.29 is 0 Å². The molecule has 3 heteroatoms. The molecule has 1 heterocycles. The van der Waals surface area contributed by atoms with Crippen LogP contribution in [0.4, 0.5) is 0 Å². The molecule has 0 saturated heterocycles. The van der Waals surface area contributed by atoms with E-state index in [2.05, 4.69) is 9.55 Å². The summed E-state index contributed by atoms with van der Waals surface area (Å²) < 4.78 is 2.18. The van der Waals surface area contributed by atoms with Gasteiger partial charge in [-0.3, -0.25) is 0 Å². The summed E-state index contributed by atoms with van der Waals surface area (Å²) in [6.07, 6.45) is 7.89. The smallest absolute Gasteiger partial charge is 0.0948 e. The van der Waals surface area contributed by atoms with E-state index in [1.807, 2.05) is 19.4 Å². The Morgan fingerprint density at radius 3 is 3.08 bits per heavy atom. The number of aryl methyl sites for hydroxylation is 1. The molecule has 1 saturated carbocycles. The number of nitrogens with zero attached hydrogens (tertiary/aromatic N) is 2. The van der Waals surface area contributed by atoms with Gasteiger partial charge in [0.05, 0.1) is 12.0 Å². The Morgan fingerprint density at radius 1 is 1.69 bits per heavy atom. The van der Waals surface area contributed by atoms with Crippen molar-refractivity contribution >= 4 is 0 Å². The zero-order valence-corrected chi connectivity index (χ0v) is 8.11. The van der Waals surface area contributed by atoms with Crippen molar-refractivity contribution in [3.05, 3.63) is 18.2 Å². The molecule has 1 fully saturated rings. The fourth-order valence-electron chi connectivity index (χ4n) is 1.63. The van der Waals surface area contributed by atoms with Crippen LogP contribution in [0.5, 0.6) is 0 Å². The second-order valence-electron chi connectivity index (χ2n) is 4.03. The van der Waals surface area contributed by atoms with Crippen LogP contribution in [0.1, 0.15) is 37.9 Å². The summed E-state index contributed by atoms with van der Waals surface area (Å²) in [5, 5.41) is 0. The first kappa shape index (κ1) is 8.75. The highest BCUT2D eigenvalue weighted by atomic mass is 15.1. The van der Waals surface area contributed by atoms with Crippen molar-refractivity contribution in [1.82, 2.24) is 9.55 Å². The fourth-order valence-corrected chi connectivity index (χ4v) is 1.63. The van der Waals surface area contributed by atoms with Gasteiger partial charge in [0, 0.05) is 18.8 Å². The van der Waals surface area contributed by atoms with Crippen molar-refractivity contribution in [3.8, 4) is 0 Å². The van der Waals surface area contributed by atoms with Crippen molar-refractivity contribution in [2.45, 2.75) is 38.8 Å². The molecule has 13 heavy (non-hydrogen) atoms. The minimum absolute atomic E-state index is 0.0988. The molecule has 72 valence electrons. The molecule has 0 aliphatic heterocycles. The monoisotopic (exact) mass is 179 g/mol. The topological polar surface area (TPSA) is 43.8 Å². The zero-order valence-electron chi connectivity index (χ0n) is 8.11. The summed E-state index contributed by atoms with van der Waals surface area (Å²) in [4.78, 5) is 4.12. The van der Waals surface area contributed by atoms with E-state index in [1.165, 1.54) is 19.3 Å². The SMILES string of the molecule is C[C@H](N)c1cncn1CCC1CC1. The number of aromatic nitrogens is 2. The first-order chi connectivity index (χ1) is 6.27. The molecular formula is C10H17N3. The molecule has 0 aromatic carbocycles. The Hall–Kier alpha value is -0.830. The van der Waals surface area contributed by atoms with Gasteiger partial charge in [0.2, 0.25) is 0 Å². The van der Waals surface area contributed by atoms with Gasteiger partial charge >= 0.3 is 0 Å². The minimum Gasteiger partial charge on any atom is -0.333 e. The molecule has 0 radical (unpaired) electrons. The summed E-state index contributed by atoms with van der Waals surface area (Å²) >= 11 is 0. The quantitative estimate of drug-likeness (QED) is 0.764. The molecule has 0 bridgehead atoms. The van der Waals surface area contributed by atoms with Crippen LogP contribution in [0.2, 0.25) is 0 Å². The molecule has 0 spiro atoms. The first-order valence-corrected chi connectivity index (χ1v) is 5.03. The average Bonchev–Trinajstić information content (AvgIpc) is 2.79. The van der Waals surface area contributed by atoms with Gasteiger partial charge in [0.15, 0.2) is 0 Å². The Labute approximate surface area is 79.0 Å². The highest BCUT2D eigenvalue weighted by molar-refractivity contribution is 5.03. The molecular weight excluding hydrogens is 162 g/mol. The van der Waals surface area contributed by atoms with Gasteiger partial charge in [0.25, 0.3) is 0 Å². The van der Waals surface area contributed by atoms with Gasteiger partial charge in [-0.15, -0.1) is 0 Å². The predicted octanol–water partition coefficient (Wildman–Crippen LogP) is 1.70. The Bertz CT molecular complexity index is 273. The van der Waals surface area contributed by atoms with E-state index in [0.29, 0.717) is 0 Å². The number of rotatable bonds is 4. The molecule has 2 rings (SSSR count). The molecule has 2 N–H and O–H groups in total. The predicted molar refractivity (Wildman–Crippen MR) is 52.2 cm³/mol. The second kappa shape index (κ2) is 3.50. The van der Waals surface area contributed by atoms with E-state index in [4.69, 9.17) is 5.73 Å². The lowest BCUT2D eigenvalue weighted by atomic mass is 10.2. The standard InChI is InChI=1S/C10H17N3/c1-8(11)10-6-12-7-13(10)5-4-9-2-3-9/h6-9H,2-5,11H2,1H3/t8-/m0/s1. The maximum Gasteiger partial charge on any atom is 0.0948 e. The summed E-state index contributed by atoms with van der Waals surface area (Å²) in [5.74, 6) is 0.975. The lowest BCUT2D eigenvalue weighted by Crippen LogP contribution is -2.12. The van der Waals surface area contributed by atoms with Crippen molar-refractivity contribution in [1.29, 1.82) is 0 Å². The summed E-state index contributed by atoms with van der Waals surface area (Å²) in [6.45, 7) is 3.09. The van der Waals surface area contributed by atoms with E-state index in [-0.39, 0.29) is 6.04 Å². The van der Waals surface area contributed by atoms with Gasteiger partial charge in [-0.1, -0.05) is 12.8 Å². The Kier molecular flexibility index (Phi) is 2.36. The highest BCUT2D eigenvalue weighted by Crippen LogP contribution is 2.32. The van der Waals surface area contributed by atoms with Gasteiger partial charge < -0.3 is 10.3 Å². The molecule has 1 aromatic rings. The van der Waals surface area contributed by atoms with Gasteiger partial charge in [-0.25, -0.2) is 4.98 Å². The lowest BCUT2D eigenvalue weighted by molar-refractivity contribution is 0.562. The zero-order chi connectivity index (χ0) is 9.26. The molecule has 1 aliphatic rings. The van der Waals surface area contributed by atoms with E-state index in [1.54, 1.807) is 0 Å². The van der Waals surface area contributed by atoms with Crippen LogP contribution >= 0.6 is 0 Å². The largest absolute Gasteiger partial charge is 0.333 e. The normalized spacial score (nSPS) is 18.9. The van der Waals surface area contributed by atoms with Crippen LogP contribution < -0.4 is 5.73 Å². The number of nitrogens with two attached hydrogens (primary N) is 1. The van der Waals surface area contributed by atoms with Crippen LogP contribution in [-0.2, 0) is 6.54 Å². The van der Waals surface area contributed by atoms with Crippen LogP contribution in [0.3, 0.4) is 0 Å². The average molecular weight is 179 g/mol. The molecule has 1 aliphatic carbocycles. The van der Waals surface area contributed by atoms with Crippen LogP contribution in [0.15, 0.2) is 12.5 Å². The maximum absolute atomic E-state index is 5.82. The third-order valence-corrected chi connectivity index (χ3v) is 2.69. The van der Waals surface area contributed by atoms with Crippen molar-refractivity contribution in [3.63, 3.8) is 0 Å². The Balaban J connectivity index is 1.96. The Morgan fingerprint density at radius 2 is 2.46 bits per heavy atom. The fraction of sp³-hybridized carbons (Fsp3) is 0.700. The van der Waals surface area contributed by atoms with Crippen molar-refractivity contribution in [2.75, 3.05) is 0 Å². The maximum atomic E-state index is 5.82. The lowest BCUT2D eigenvalue weighted by Gasteiger charge is -2.09. The van der Waals surface area contributed by atoms with Gasteiger partial charge in [-0.05, 0) is 19.3 Å². The molecule has 1 atom stereocenters. The third-order valence-electron chi connectivity index (χ3n) is 2.69. The highest BCUT2D eigenvalue weighted by Gasteiger charge is 2.21. The van der Waals surface area contributed by atoms with Crippen LogP contribution in [-0.4, -0.2) is 9.55 Å². The van der Waals surface area contributed by atoms with Gasteiger partial charge in [-0.2, -0.15) is 0 Å². The summed E-state index contributed by atoms with van der Waals surface area (Å²) in [6, 6.07) is 0.0988. The number of hydrogen-bond donors (Lipinski definition) is 1. The van der Waals surface area contributed by atoms with E-state index < -0.39 is 0 Å². The van der Waals surface area contributed by atoms with Crippen LogP contribution in [0, 0.1) is 5.92 Å². The molecule has 3 nitrogen and oxygen atoms in total. The molecule has 0 amide bonds. The van der Waals surface area contributed by atoms with E-state index in [0.717, 1.165) is 18.2 Å². The van der Waals surface area contributed by atoms with Crippen LogP contribution in [0.25, 0.3) is 0 Å². The van der Waals surface area contributed by atoms with E-state index >= 15 is 0 Å². The molecule has 0 unspecified atom stereocenters. The third kappa shape index (κ3) is 2.10. The van der Waals surface area contributed by atoms with Gasteiger partial charge in [0.1, 0.15) is 0 Å². The minimum atomic E-state index is 0.0988. The summed E-state index contributed by atoms with van der Waals surface area (Å²) in [7, 11) is 0. The first-order valence-electron chi connectivity index (χ1n) is 5.03. The number of imidazole rings is 1.